The van der Waals surface area contributed by atoms with E-state index in [1.54, 1.807) is 20.7 Å². The summed E-state index contributed by atoms with van der Waals surface area (Å²) in [5.74, 6) is 0. The van der Waals surface area contributed by atoms with Gasteiger partial charge in [0.1, 0.15) is 0 Å². The van der Waals surface area contributed by atoms with Crippen molar-refractivity contribution in [2.75, 3.05) is 31.1 Å². The maximum Gasteiger partial charge on any atom is 0.282 e. The third kappa shape index (κ3) is 4.68. The van der Waals surface area contributed by atoms with Crippen molar-refractivity contribution in [3.8, 4) is 0 Å². The van der Waals surface area contributed by atoms with Gasteiger partial charge in [0, 0.05) is 42.8 Å². The summed E-state index contributed by atoms with van der Waals surface area (Å²) >= 11 is 18.8. The second-order valence-electron chi connectivity index (χ2n) is 8.57. The molecule has 0 spiro atoms. The van der Waals surface area contributed by atoms with E-state index >= 15 is 0 Å². The van der Waals surface area contributed by atoms with Gasteiger partial charge in [-0.1, -0.05) is 71.2 Å². The molecule has 9 heteroatoms. The van der Waals surface area contributed by atoms with Crippen LogP contribution in [-0.2, 0) is 23.2 Å². The van der Waals surface area contributed by atoms with Gasteiger partial charge in [-0.05, 0) is 53.4 Å². The van der Waals surface area contributed by atoms with Crippen LogP contribution in [0.5, 0.6) is 0 Å². The fourth-order valence-corrected chi connectivity index (χ4v) is 7.01. The summed E-state index contributed by atoms with van der Waals surface area (Å²) in [6.07, 6.45) is 0.719. The van der Waals surface area contributed by atoms with Crippen LogP contribution >= 0.6 is 34.8 Å². The second-order valence-corrected chi connectivity index (χ2v) is 11.8. The fraction of sp³-hybridized carbons (Fsp3) is 0.280. The van der Waals surface area contributed by atoms with E-state index < -0.39 is 10.2 Å². The van der Waals surface area contributed by atoms with Crippen molar-refractivity contribution in [1.82, 2.24) is 8.61 Å². The minimum atomic E-state index is -3.64. The lowest BCUT2D eigenvalue weighted by Gasteiger charge is -2.44. The van der Waals surface area contributed by atoms with Gasteiger partial charge in [-0.2, -0.15) is 17.0 Å². The largest absolute Gasteiger partial charge is 0.361 e. The molecular formula is C25H24Cl3N3O2S. The number of nitrogens with zero attached hydrogens (tertiary/aromatic N) is 3. The van der Waals surface area contributed by atoms with Crippen LogP contribution in [0.2, 0.25) is 15.1 Å². The molecule has 3 aromatic rings. The highest BCUT2D eigenvalue weighted by Gasteiger charge is 2.38. The Morgan fingerprint density at radius 2 is 1.47 bits per heavy atom. The average Bonchev–Trinajstić information content (AvgIpc) is 2.84. The molecule has 1 atom stereocenters. The van der Waals surface area contributed by atoms with E-state index in [0.717, 1.165) is 23.2 Å². The molecule has 5 rings (SSSR count). The van der Waals surface area contributed by atoms with Crippen LogP contribution in [0.3, 0.4) is 0 Å². The summed E-state index contributed by atoms with van der Waals surface area (Å²) in [7, 11) is -3.64. The highest BCUT2D eigenvalue weighted by molar-refractivity contribution is 7.86. The zero-order valence-corrected chi connectivity index (χ0v) is 21.5. The molecule has 1 fully saturated rings. The summed E-state index contributed by atoms with van der Waals surface area (Å²) < 4.78 is 30.6. The zero-order valence-electron chi connectivity index (χ0n) is 18.4. The molecule has 5 nitrogen and oxygen atoms in total. The molecule has 1 saturated heterocycles. The third-order valence-corrected chi connectivity index (χ3v) is 9.30. The van der Waals surface area contributed by atoms with Gasteiger partial charge in [-0.15, -0.1) is 0 Å². The monoisotopic (exact) mass is 535 g/mol. The second kappa shape index (κ2) is 9.69. The Morgan fingerprint density at radius 3 is 2.21 bits per heavy atom. The van der Waals surface area contributed by atoms with E-state index in [9.17, 15) is 8.42 Å². The number of hydrogen-bond donors (Lipinski definition) is 0. The molecule has 178 valence electrons. The maximum absolute atomic E-state index is 13.7. The van der Waals surface area contributed by atoms with Crippen LogP contribution in [0.25, 0.3) is 0 Å². The number of fused-ring (bicyclic) bond motifs is 1. The quantitative estimate of drug-likeness (QED) is 0.422. The van der Waals surface area contributed by atoms with Gasteiger partial charge in [0.25, 0.3) is 10.2 Å². The first kappa shape index (κ1) is 23.9. The number of benzene rings is 3. The van der Waals surface area contributed by atoms with Crippen LogP contribution in [0, 0.1) is 0 Å². The minimum Gasteiger partial charge on any atom is -0.361 e. The van der Waals surface area contributed by atoms with E-state index in [2.05, 4.69) is 11.0 Å². The lowest BCUT2D eigenvalue weighted by atomic mass is 10.0. The molecule has 34 heavy (non-hydrogen) atoms. The number of halogens is 3. The van der Waals surface area contributed by atoms with Crippen molar-refractivity contribution in [1.29, 1.82) is 0 Å². The summed E-state index contributed by atoms with van der Waals surface area (Å²) in [5, 5.41) is 1.73. The minimum absolute atomic E-state index is 0.225. The normalized spacial score (nSPS) is 19.7. The maximum atomic E-state index is 13.7. The predicted molar refractivity (Wildman–Crippen MR) is 139 cm³/mol. The van der Waals surface area contributed by atoms with Crippen LogP contribution in [0.4, 0.5) is 5.69 Å². The molecule has 0 bridgehead atoms. The van der Waals surface area contributed by atoms with Crippen LogP contribution in [0.1, 0.15) is 22.7 Å². The average molecular weight is 537 g/mol. The van der Waals surface area contributed by atoms with Gasteiger partial charge in [0.15, 0.2) is 0 Å². The number of rotatable bonds is 4. The molecule has 2 aliphatic rings. The molecule has 0 N–H and O–H groups in total. The summed E-state index contributed by atoms with van der Waals surface area (Å²) in [5.41, 5.74) is 4.09. The molecule has 0 saturated carbocycles. The number of anilines is 1. The van der Waals surface area contributed by atoms with Gasteiger partial charge in [-0.25, -0.2) is 0 Å². The Kier molecular flexibility index (Phi) is 6.81. The Hall–Kier alpha value is -1.80. The molecule has 0 aromatic heterocycles. The summed E-state index contributed by atoms with van der Waals surface area (Å²) in [6.45, 7) is 2.05. The lowest BCUT2D eigenvalue weighted by molar-refractivity contribution is 0.289. The SMILES string of the molecule is O=S(=O)(N1CCc2ccccc2C1)N1CCN(c2ccc(Cl)cc2Cl)C(c2ccc(Cl)cc2)C1. The molecule has 1 unspecified atom stereocenters. The van der Waals surface area contributed by atoms with E-state index in [1.807, 2.05) is 48.5 Å². The van der Waals surface area contributed by atoms with Gasteiger partial charge in [0.05, 0.1) is 16.8 Å². The highest BCUT2D eigenvalue weighted by atomic mass is 35.5. The molecule has 0 radical (unpaired) electrons. The van der Waals surface area contributed by atoms with Crippen LogP contribution in [-0.4, -0.2) is 43.2 Å². The van der Waals surface area contributed by atoms with E-state index in [4.69, 9.17) is 34.8 Å². The van der Waals surface area contributed by atoms with Crippen molar-refractivity contribution in [3.63, 3.8) is 0 Å². The zero-order chi connectivity index (χ0) is 23.9. The first-order chi connectivity index (χ1) is 16.3. The number of piperazine rings is 1. The molecule has 0 aliphatic carbocycles. The van der Waals surface area contributed by atoms with Crippen LogP contribution in [0.15, 0.2) is 66.7 Å². The summed E-state index contributed by atoms with van der Waals surface area (Å²) in [4.78, 5) is 2.15. The first-order valence-electron chi connectivity index (χ1n) is 11.1. The van der Waals surface area contributed by atoms with Gasteiger partial charge in [-0.3, -0.25) is 0 Å². The predicted octanol–water partition coefficient (Wildman–Crippen LogP) is 5.81. The molecular weight excluding hydrogens is 513 g/mol. The molecule has 3 aromatic carbocycles. The van der Waals surface area contributed by atoms with Crippen molar-refractivity contribution in [3.05, 3.63) is 98.5 Å². The van der Waals surface area contributed by atoms with Crippen molar-refractivity contribution < 1.29 is 8.42 Å². The lowest BCUT2D eigenvalue weighted by Crippen LogP contribution is -2.55. The molecule has 0 amide bonds. The van der Waals surface area contributed by atoms with Crippen molar-refractivity contribution in [2.45, 2.75) is 19.0 Å². The third-order valence-electron chi connectivity index (χ3n) is 6.57. The Labute approximate surface area is 215 Å². The molecule has 2 aliphatic heterocycles. The topological polar surface area (TPSA) is 43.9 Å². The van der Waals surface area contributed by atoms with Gasteiger partial charge < -0.3 is 4.90 Å². The Balaban J connectivity index is 1.45. The summed E-state index contributed by atoms with van der Waals surface area (Å²) in [6, 6.07) is 20.8. The fourth-order valence-electron chi connectivity index (χ4n) is 4.77. The van der Waals surface area contributed by atoms with Crippen molar-refractivity contribution >= 4 is 50.7 Å². The highest BCUT2D eigenvalue weighted by Crippen LogP contribution is 2.38. The van der Waals surface area contributed by atoms with E-state index in [0.29, 0.717) is 47.8 Å². The Morgan fingerprint density at radius 1 is 0.765 bits per heavy atom. The van der Waals surface area contributed by atoms with E-state index in [1.165, 1.54) is 5.56 Å². The van der Waals surface area contributed by atoms with E-state index in [-0.39, 0.29) is 6.04 Å². The van der Waals surface area contributed by atoms with Gasteiger partial charge in [0.2, 0.25) is 0 Å². The smallest absolute Gasteiger partial charge is 0.282 e. The Bertz CT molecular complexity index is 1300. The number of hydrogen-bond acceptors (Lipinski definition) is 3. The standard InChI is InChI=1S/C25H24Cl3N3O2S/c26-21-7-5-19(6-8-21)25-17-30(13-14-31(25)24-10-9-22(27)15-23(24)28)34(32,33)29-12-11-18-3-1-2-4-20(18)16-29/h1-10,15,25H,11-14,16-17H2. The van der Waals surface area contributed by atoms with Crippen molar-refractivity contribution in [2.24, 2.45) is 0 Å². The molecule has 2 heterocycles. The van der Waals surface area contributed by atoms with Gasteiger partial charge >= 0.3 is 0 Å². The van der Waals surface area contributed by atoms with Crippen LogP contribution < -0.4 is 4.90 Å². The first-order valence-corrected chi connectivity index (χ1v) is 13.7.